The number of rotatable bonds is 7. The van der Waals surface area contributed by atoms with Gasteiger partial charge in [0.1, 0.15) is 5.75 Å². The molecule has 3 aromatic carbocycles. The third-order valence-corrected chi connectivity index (χ3v) is 4.76. The van der Waals surface area contributed by atoms with Gasteiger partial charge in [-0.05, 0) is 41.2 Å². The van der Waals surface area contributed by atoms with E-state index in [9.17, 15) is 4.79 Å². The average molecular weight is 373 g/mol. The lowest BCUT2D eigenvalue weighted by Crippen LogP contribution is -2.22. The largest absolute Gasteiger partial charge is 0.483 e. The molecule has 0 heterocycles. The molecule has 1 amide bonds. The fraction of sp³-hybridized carbons (Fsp3) is 0.240. The number of nitrogens with one attached hydrogen (secondary N) is 1. The molecule has 0 saturated heterocycles. The van der Waals surface area contributed by atoms with Crippen LogP contribution in [0.5, 0.6) is 5.75 Å². The maximum atomic E-state index is 12.5. The molecule has 0 aliphatic carbocycles. The number of ether oxygens (including phenoxy) is 1. The minimum absolute atomic E-state index is 0.0162. The standard InChI is InChI=1S/C25H27NO2/c1-18(2)22-14-9-10-19(3)25(22)26-24(27)17-28-23-15-8-7-13-21(23)16-20-11-5-4-6-12-20/h4-15,18H,16-17H2,1-3H3,(H,26,27). The van der Waals surface area contributed by atoms with Gasteiger partial charge in [-0.25, -0.2) is 0 Å². The van der Waals surface area contributed by atoms with Gasteiger partial charge in [0.15, 0.2) is 6.61 Å². The van der Waals surface area contributed by atoms with Crippen LogP contribution in [0, 0.1) is 6.92 Å². The van der Waals surface area contributed by atoms with Crippen molar-refractivity contribution in [3.05, 3.63) is 95.1 Å². The lowest BCUT2D eigenvalue weighted by Gasteiger charge is -2.17. The lowest BCUT2D eigenvalue weighted by atomic mass is 9.98. The molecule has 3 rings (SSSR count). The number of para-hydroxylation sites is 2. The summed E-state index contributed by atoms with van der Waals surface area (Å²) in [6.07, 6.45) is 0.772. The van der Waals surface area contributed by atoms with Crippen LogP contribution in [0.25, 0.3) is 0 Å². The van der Waals surface area contributed by atoms with Gasteiger partial charge in [0.2, 0.25) is 0 Å². The van der Waals surface area contributed by atoms with Crippen molar-refractivity contribution in [1.29, 1.82) is 0 Å². The molecule has 0 bridgehead atoms. The molecule has 0 saturated carbocycles. The van der Waals surface area contributed by atoms with Gasteiger partial charge >= 0.3 is 0 Å². The van der Waals surface area contributed by atoms with E-state index in [4.69, 9.17) is 4.74 Å². The number of carbonyl (C=O) groups excluding carboxylic acids is 1. The van der Waals surface area contributed by atoms with Gasteiger partial charge in [-0.2, -0.15) is 0 Å². The lowest BCUT2D eigenvalue weighted by molar-refractivity contribution is -0.118. The minimum Gasteiger partial charge on any atom is -0.483 e. The molecule has 0 aliphatic heterocycles. The molecule has 0 atom stereocenters. The quantitative estimate of drug-likeness (QED) is 0.574. The molecule has 0 spiro atoms. The maximum absolute atomic E-state index is 12.5. The first-order valence-corrected chi connectivity index (χ1v) is 9.68. The zero-order valence-corrected chi connectivity index (χ0v) is 16.7. The Bertz CT molecular complexity index is 932. The fourth-order valence-electron chi connectivity index (χ4n) is 3.27. The second kappa shape index (κ2) is 9.23. The van der Waals surface area contributed by atoms with Crippen LogP contribution >= 0.6 is 0 Å². The summed E-state index contributed by atoms with van der Waals surface area (Å²) >= 11 is 0. The summed E-state index contributed by atoms with van der Waals surface area (Å²) in [4.78, 5) is 12.5. The summed E-state index contributed by atoms with van der Waals surface area (Å²) in [6, 6.07) is 24.2. The van der Waals surface area contributed by atoms with Crippen LogP contribution in [0.3, 0.4) is 0 Å². The second-order valence-corrected chi connectivity index (χ2v) is 7.30. The van der Waals surface area contributed by atoms with Crippen molar-refractivity contribution in [2.75, 3.05) is 11.9 Å². The van der Waals surface area contributed by atoms with Crippen molar-refractivity contribution < 1.29 is 9.53 Å². The van der Waals surface area contributed by atoms with E-state index < -0.39 is 0 Å². The molecular weight excluding hydrogens is 346 g/mol. The smallest absolute Gasteiger partial charge is 0.262 e. The van der Waals surface area contributed by atoms with E-state index in [1.54, 1.807) is 0 Å². The average Bonchev–Trinajstić information content (AvgIpc) is 2.69. The number of aryl methyl sites for hydroxylation is 1. The second-order valence-electron chi connectivity index (χ2n) is 7.30. The Kier molecular flexibility index (Phi) is 6.49. The van der Waals surface area contributed by atoms with Gasteiger partial charge in [0.05, 0.1) is 0 Å². The zero-order valence-electron chi connectivity index (χ0n) is 16.7. The number of benzene rings is 3. The van der Waals surface area contributed by atoms with E-state index in [1.807, 2.05) is 61.5 Å². The number of anilines is 1. The van der Waals surface area contributed by atoms with E-state index in [-0.39, 0.29) is 12.5 Å². The Morgan fingerprint density at radius 2 is 1.64 bits per heavy atom. The molecule has 3 nitrogen and oxygen atoms in total. The van der Waals surface area contributed by atoms with Crippen LogP contribution in [-0.2, 0) is 11.2 Å². The SMILES string of the molecule is Cc1cccc(C(C)C)c1NC(=O)COc1ccccc1Cc1ccccc1. The van der Waals surface area contributed by atoms with Gasteiger partial charge in [-0.15, -0.1) is 0 Å². The predicted octanol–water partition coefficient (Wildman–Crippen LogP) is 5.73. The van der Waals surface area contributed by atoms with Gasteiger partial charge in [-0.3, -0.25) is 4.79 Å². The molecular formula is C25H27NO2. The van der Waals surface area contributed by atoms with E-state index in [1.165, 1.54) is 5.56 Å². The van der Waals surface area contributed by atoms with Gasteiger partial charge in [0.25, 0.3) is 5.91 Å². The topological polar surface area (TPSA) is 38.3 Å². The number of carbonyl (C=O) groups is 1. The molecule has 0 aromatic heterocycles. The molecule has 0 unspecified atom stereocenters. The third-order valence-electron chi connectivity index (χ3n) is 4.76. The number of hydrogen-bond acceptors (Lipinski definition) is 2. The Morgan fingerprint density at radius 1 is 0.929 bits per heavy atom. The first-order valence-electron chi connectivity index (χ1n) is 9.68. The van der Waals surface area contributed by atoms with Crippen molar-refractivity contribution in [1.82, 2.24) is 0 Å². The summed E-state index contributed by atoms with van der Waals surface area (Å²) in [5.41, 5.74) is 5.37. The van der Waals surface area contributed by atoms with Gasteiger partial charge in [-0.1, -0.05) is 80.6 Å². The minimum atomic E-state index is -0.147. The number of amides is 1. The van der Waals surface area contributed by atoms with Crippen LogP contribution in [-0.4, -0.2) is 12.5 Å². The van der Waals surface area contributed by atoms with Crippen molar-refractivity contribution in [3.8, 4) is 5.75 Å². The molecule has 0 fully saturated rings. The zero-order chi connectivity index (χ0) is 19.9. The number of hydrogen-bond donors (Lipinski definition) is 1. The molecule has 1 N–H and O–H groups in total. The monoisotopic (exact) mass is 373 g/mol. The first kappa shape index (κ1) is 19.7. The normalized spacial score (nSPS) is 10.7. The highest BCUT2D eigenvalue weighted by Crippen LogP contribution is 2.27. The van der Waals surface area contributed by atoms with Crippen LogP contribution in [0.2, 0.25) is 0 Å². The van der Waals surface area contributed by atoms with Gasteiger partial charge in [0, 0.05) is 12.1 Å². The molecule has 144 valence electrons. The summed E-state index contributed by atoms with van der Waals surface area (Å²) in [5.74, 6) is 0.934. The van der Waals surface area contributed by atoms with E-state index in [0.29, 0.717) is 5.92 Å². The summed E-state index contributed by atoms with van der Waals surface area (Å²) < 4.78 is 5.87. The highest BCUT2D eigenvalue weighted by Gasteiger charge is 2.13. The van der Waals surface area contributed by atoms with Gasteiger partial charge < -0.3 is 10.1 Å². The predicted molar refractivity (Wildman–Crippen MR) is 115 cm³/mol. The Labute approximate surface area is 167 Å². The van der Waals surface area contributed by atoms with Crippen LogP contribution in [0.1, 0.15) is 42.0 Å². The van der Waals surface area contributed by atoms with Crippen molar-refractivity contribution in [2.45, 2.75) is 33.1 Å². The first-order chi connectivity index (χ1) is 13.5. The maximum Gasteiger partial charge on any atom is 0.262 e. The van der Waals surface area contributed by atoms with Crippen molar-refractivity contribution in [3.63, 3.8) is 0 Å². The third kappa shape index (κ3) is 5.01. The van der Waals surface area contributed by atoms with Crippen LogP contribution in [0.15, 0.2) is 72.8 Å². The highest BCUT2D eigenvalue weighted by molar-refractivity contribution is 5.93. The Balaban J connectivity index is 1.68. The summed E-state index contributed by atoms with van der Waals surface area (Å²) in [5, 5.41) is 3.04. The highest BCUT2D eigenvalue weighted by atomic mass is 16.5. The molecule has 28 heavy (non-hydrogen) atoms. The molecule has 3 aromatic rings. The van der Waals surface area contributed by atoms with Crippen LogP contribution in [0.4, 0.5) is 5.69 Å². The van der Waals surface area contributed by atoms with Crippen LogP contribution < -0.4 is 10.1 Å². The Morgan fingerprint density at radius 3 is 2.39 bits per heavy atom. The fourth-order valence-corrected chi connectivity index (χ4v) is 3.27. The molecule has 3 heteroatoms. The summed E-state index contributed by atoms with van der Waals surface area (Å²) in [6.45, 7) is 6.25. The Hall–Kier alpha value is -3.07. The van der Waals surface area contributed by atoms with Crippen molar-refractivity contribution in [2.24, 2.45) is 0 Å². The van der Waals surface area contributed by atoms with E-state index >= 15 is 0 Å². The molecule has 0 radical (unpaired) electrons. The summed E-state index contributed by atoms with van der Waals surface area (Å²) in [7, 11) is 0. The van der Waals surface area contributed by atoms with E-state index in [2.05, 4.69) is 37.4 Å². The van der Waals surface area contributed by atoms with E-state index in [0.717, 1.165) is 34.5 Å². The molecule has 0 aliphatic rings. The van der Waals surface area contributed by atoms with Crippen molar-refractivity contribution >= 4 is 11.6 Å².